The number of rotatable bonds is 1. The fraction of sp³-hybridized carbons (Fsp3) is 0.538. The van der Waals surface area contributed by atoms with E-state index >= 15 is 0 Å². The molecule has 1 aromatic heterocycles. The van der Waals surface area contributed by atoms with E-state index in [0.29, 0.717) is 0 Å². The van der Waals surface area contributed by atoms with E-state index < -0.39 is 0 Å². The summed E-state index contributed by atoms with van der Waals surface area (Å²) in [4.78, 5) is 6.83. The SMILES string of the molecule is Cc1cc(C)c(C#N)c(N2CCCSCC2)n1. The van der Waals surface area contributed by atoms with E-state index in [1.165, 1.54) is 12.2 Å². The molecule has 0 radical (unpaired) electrons. The maximum absolute atomic E-state index is 9.27. The smallest absolute Gasteiger partial charge is 0.147 e. The van der Waals surface area contributed by atoms with Crippen LogP contribution in [0.4, 0.5) is 5.82 Å². The molecule has 0 N–H and O–H groups in total. The van der Waals surface area contributed by atoms with Gasteiger partial charge in [-0.1, -0.05) is 0 Å². The van der Waals surface area contributed by atoms with Gasteiger partial charge >= 0.3 is 0 Å². The molecule has 0 bridgehead atoms. The van der Waals surface area contributed by atoms with E-state index in [1.54, 1.807) is 0 Å². The van der Waals surface area contributed by atoms with Crippen LogP contribution in [0.15, 0.2) is 6.07 Å². The Labute approximate surface area is 107 Å². The van der Waals surface area contributed by atoms with Crippen molar-refractivity contribution in [3.8, 4) is 6.07 Å². The van der Waals surface area contributed by atoms with Gasteiger partial charge in [-0.25, -0.2) is 4.98 Å². The Kier molecular flexibility index (Phi) is 3.90. The fourth-order valence-corrected chi connectivity index (χ4v) is 3.03. The number of aryl methyl sites for hydroxylation is 2. The predicted molar refractivity (Wildman–Crippen MR) is 72.6 cm³/mol. The highest BCUT2D eigenvalue weighted by Crippen LogP contribution is 2.24. The maximum Gasteiger partial charge on any atom is 0.147 e. The van der Waals surface area contributed by atoms with Gasteiger partial charge in [0.15, 0.2) is 0 Å². The molecule has 1 aliphatic rings. The van der Waals surface area contributed by atoms with Crippen LogP contribution in [-0.4, -0.2) is 29.6 Å². The molecular formula is C13H17N3S. The molecule has 0 amide bonds. The van der Waals surface area contributed by atoms with Gasteiger partial charge < -0.3 is 4.90 Å². The summed E-state index contributed by atoms with van der Waals surface area (Å²) >= 11 is 1.98. The number of aromatic nitrogens is 1. The lowest BCUT2D eigenvalue weighted by Gasteiger charge is -2.23. The van der Waals surface area contributed by atoms with Crippen LogP contribution in [0.3, 0.4) is 0 Å². The summed E-state index contributed by atoms with van der Waals surface area (Å²) in [6, 6.07) is 4.28. The molecule has 0 unspecified atom stereocenters. The Hall–Kier alpha value is -1.21. The Balaban J connectivity index is 2.39. The fourth-order valence-electron chi connectivity index (χ4n) is 2.14. The molecule has 1 aliphatic heterocycles. The molecule has 0 atom stereocenters. The molecule has 2 rings (SSSR count). The van der Waals surface area contributed by atoms with Crippen molar-refractivity contribution in [3.05, 3.63) is 22.9 Å². The van der Waals surface area contributed by atoms with Crippen molar-refractivity contribution >= 4 is 17.6 Å². The minimum atomic E-state index is 0.738. The maximum atomic E-state index is 9.27. The first kappa shape index (κ1) is 12.3. The number of thioether (sulfide) groups is 1. The van der Waals surface area contributed by atoms with Crippen molar-refractivity contribution in [2.75, 3.05) is 29.5 Å². The summed E-state index contributed by atoms with van der Waals surface area (Å²) in [7, 11) is 0. The van der Waals surface area contributed by atoms with E-state index in [4.69, 9.17) is 0 Å². The minimum Gasteiger partial charge on any atom is -0.355 e. The third-order valence-corrected chi connectivity index (χ3v) is 4.01. The minimum absolute atomic E-state index is 0.738. The van der Waals surface area contributed by atoms with Crippen molar-refractivity contribution in [1.29, 1.82) is 5.26 Å². The van der Waals surface area contributed by atoms with E-state index in [-0.39, 0.29) is 0 Å². The van der Waals surface area contributed by atoms with Crippen LogP contribution < -0.4 is 4.90 Å². The number of nitrogens with zero attached hydrogens (tertiary/aromatic N) is 3. The monoisotopic (exact) mass is 247 g/mol. The molecule has 0 aliphatic carbocycles. The summed E-state index contributed by atoms with van der Waals surface area (Å²) in [6.07, 6.45) is 1.17. The molecule has 1 fully saturated rings. The zero-order chi connectivity index (χ0) is 12.3. The van der Waals surface area contributed by atoms with Gasteiger partial charge in [-0.3, -0.25) is 0 Å². The largest absolute Gasteiger partial charge is 0.355 e. The number of nitriles is 1. The molecule has 2 heterocycles. The van der Waals surface area contributed by atoms with Crippen molar-refractivity contribution in [1.82, 2.24) is 4.98 Å². The molecule has 0 aromatic carbocycles. The van der Waals surface area contributed by atoms with E-state index in [9.17, 15) is 5.26 Å². The molecule has 17 heavy (non-hydrogen) atoms. The molecule has 90 valence electrons. The molecule has 1 aromatic rings. The second-order valence-electron chi connectivity index (χ2n) is 4.34. The van der Waals surface area contributed by atoms with Crippen LogP contribution in [0.1, 0.15) is 23.2 Å². The lowest BCUT2D eigenvalue weighted by molar-refractivity contribution is 0.796. The summed E-state index contributed by atoms with van der Waals surface area (Å²) < 4.78 is 0. The zero-order valence-corrected chi connectivity index (χ0v) is 11.2. The Morgan fingerprint density at radius 2 is 2.18 bits per heavy atom. The van der Waals surface area contributed by atoms with Gasteiger partial charge in [-0.15, -0.1) is 0 Å². The molecular weight excluding hydrogens is 230 g/mol. The van der Waals surface area contributed by atoms with Crippen LogP contribution >= 0.6 is 11.8 Å². The summed E-state index contributed by atoms with van der Waals surface area (Å²) in [6.45, 7) is 5.99. The average Bonchev–Trinajstić information content (AvgIpc) is 2.56. The van der Waals surface area contributed by atoms with Gasteiger partial charge in [0.25, 0.3) is 0 Å². The van der Waals surface area contributed by atoms with Crippen LogP contribution in [0.2, 0.25) is 0 Å². The molecule has 3 nitrogen and oxygen atoms in total. The Morgan fingerprint density at radius 3 is 2.94 bits per heavy atom. The molecule has 0 saturated carbocycles. The van der Waals surface area contributed by atoms with Crippen LogP contribution in [0.25, 0.3) is 0 Å². The first-order valence-electron chi connectivity index (χ1n) is 5.93. The van der Waals surface area contributed by atoms with Crippen LogP contribution in [0, 0.1) is 25.2 Å². The Morgan fingerprint density at radius 1 is 1.35 bits per heavy atom. The number of pyridine rings is 1. The highest BCUT2D eigenvalue weighted by Gasteiger charge is 2.17. The van der Waals surface area contributed by atoms with E-state index in [0.717, 1.165) is 41.5 Å². The van der Waals surface area contributed by atoms with Crippen LogP contribution in [0.5, 0.6) is 0 Å². The first-order valence-corrected chi connectivity index (χ1v) is 7.09. The van der Waals surface area contributed by atoms with Crippen LogP contribution in [-0.2, 0) is 0 Å². The van der Waals surface area contributed by atoms with Gasteiger partial charge in [-0.2, -0.15) is 17.0 Å². The van der Waals surface area contributed by atoms with Gasteiger partial charge in [0, 0.05) is 24.5 Å². The summed E-state index contributed by atoms with van der Waals surface area (Å²) in [5.41, 5.74) is 2.77. The number of hydrogen-bond acceptors (Lipinski definition) is 4. The van der Waals surface area contributed by atoms with E-state index in [1.807, 2.05) is 31.7 Å². The van der Waals surface area contributed by atoms with Crippen molar-refractivity contribution in [3.63, 3.8) is 0 Å². The first-order chi connectivity index (χ1) is 8.22. The standard InChI is InChI=1S/C13H17N3S/c1-10-8-11(2)15-13(12(10)9-14)16-4-3-6-17-7-5-16/h8H,3-7H2,1-2H3. The van der Waals surface area contributed by atoms with Gasteiger partial charge in [-0.05, 0) is 37.7 Å². The number of anilines is 1. The normalized spacial score (nSPS) is 16.4. The summed E-state index contributed by atoms with van der Waals surface area (Å²) in [5, 5.41) is 9.27. The van der Waals surface area contributed by atoms with Crippen molar-refractivity contribution < 1.29 is 0 Å². The van der Waals surface area contributed by atoms with Crippen molar-refractivity contribution in [2.24, 2.45) is 0 Å². The molecule has 4 heteroatoms. The lowest BCUT2D eigenvalue weighted by atomic mass is 10.1. The van der Waals surface area contributed by atoms with E-state index in [2.05, 4.69) is 16.0 Å². The second-order valence-corrected chi connectivity index (χ2v) is 5.57. The third-order valence-electron chi connectivity index (χ3n) is 2.96. The quantitative estimate of drug-likeness (QED) is 0.764. The molecule has 1 saturated heterocycles. The van der Waals surface area contributed by atoms with Gasteiger partial charge in [0.1, 0.15) is 11.9 Å². The van der Waals surface area contributed by atoms with Gasteiger partial charge in [0.05, 0.1) is 5.56 Å². The summed E-state index contributed by atoms with van der Waals surface area (Å²) in [5.74, 6) is 3.22. The van der Waals surface area contributed by atoms with Crippen molar-refractivity contribution in [2.45, 2.75) is 20.3 Å². The highest BCUT2D eigenvalue weighted by atomic mass is 32.2. The highest BCUT2D eigenvalue weighted by molar-refractivity contribution is 7.99. The predicted octanol–water partition coefficient (Wildman–Crippen LogP) is 2.51. The third kappa shape index (κ3) is 2.73. The topological polar surface area (TPSA) is 39.9 Å². The zero-order valence-electron chi connectivity index (χ0n) is 10.4. The van der Waals surface area contributed by atoms with Gasteiger partial charge in [0.2, 0.25) is 0 Å². The number of hydrogen-bond donors (Lipinski definition) is 0. The average molecular weight is 247 g/mol. The molecule has 0 spiro atoms. The lowest BCUT2D eigenvalue weighted by Crippen LogP contribution is -2.27. The second kappa shape index (κ2) is 5.42. The Bertz CT molecular complexity index is 443.